The van der Waals surface area contributed by atoms with Crippen LogP contribution in [-0.4, -0.2) is 20.7 Å². The van der Waals surface area contributed by atoms with Crippen LogP contribution in [-0.2, 0) is 12.8 Å². The molecule has 6 heteroatoms. The monoisotopic (exact) mass is 399 g/mol. The molecule has 0 bridgehead atoms. The Morgan fingerprint density at radius 3 is 2.63 bits per heavy atom. The molecule has 0 atom stereocenters. The summed E-state index contributed by atoms with van der Waals surface area (Å²) in [6.07, 6.45) is 1.51. The van der Waals surface area contributed by atoms with Gasteiger partial charge in [-0.05, 0) is 17.9 Å². The number of benzene rings is 2. The number of carbonyl (C=O) groups excluding carboxylic acids is 1. The van der Waals surface area contributed by atoms with Gasteiger partial charge in [0.2, 0.25) is 0 Å². The standard InChI is InChI=1S/C24H21N3O3/c1-24(2)12-18-22(20(28)13-24)21-15-8-4-5-9-16(15)26-23(21)17(25-18)11-14-7-3-6-10-19(14)27(29)30/h3-10,26H,11-13H2,1-2H3. The van der Waals surface area contributed by atoms with E-state index in [2.05, 4.69) is 18.8 Å². The fourth-order valence-electron chi connectivity index (χ4n) is 4.65. The summed E-state index contributed by atoms with van der Waals surface area (Å²) < 4.78 is 0. The van der Waals surface area contributed by atoms with Gasteiger partial charge < -0.3 is 4.98 Å². The van der Waals surface area contributed by atoms with E-state index in [1.165, 1.54) is 6.07 Å². The number of aromatic amines is 1. The number of fused-ring (bicyclic) bond motifs is 5. The van der Waals surface area contributed by atoms with E-state index in [0.717, 1.165) is 33.2 Å². The molecule has 1 aliphatic carbocycles. The summed E-state index contributed by atoms with van der Waals surface area (Å²) in [5.74, 6) is 0.112. The molecule has 0 saturated heterocycles. The maximum Gasteiger partial charge on any atom is 0.272 e. The van der Waals surface area contributed by atoms with E-state index >= 15 is 0 Å². The number of ketones is 1. The van der Waals surface area contributed by atoms with E-state index in [0.29, 0.717) is 30.4 Å². The highest BCUT2D eigenvalue weighted by atomic mass is 16.6. The molecular weight excluding hydrogens is 378 g/mol. The Labute approximate surface area is 173 Å². The highest BCUT2D eigenvalue weighted by Crippen LogP contribution is 2.40. The van der Waals surface area contributed by atoms with E-state index in [9.17, 15) is 14.9 Å². The van der Waals surface area contributed by atoms with Gasteiger partial charge in [0, 0.05) is 46.3 Å². The molecule has 1 aliphatic rings. The molecule has 0 unspecified atom stereocenters. The highest BCUT2D eigenvalue weighted by Gasteiger charge is 2.35. The zero-order chi connectivity index (χ0) is 21.0. The molecule has 6 nitrogen and oxygen atoms in total. The summed E-state index contributed by atoms with van der Waals surface area (Å²) >= 11 is 0. The van der Waals surface area contributed by atoms with Crippen molar-refractivity contribution in [2.75, 3.05) is 0 Å². The second-order valence-electron chi connectivity index (χ2n) is 8.80. The number of rotatable bonds is 3. The van der Waals surface area contributed by atoms with Gasteiger partial charge >= 0.3 is 0 Å². The van der Waals surface area contributed by atoms with Crippen molar-refractivity contribution in [3.63, 3.8) is 0 Å². The molecule has 150 valence electrons. The van der Waals surface area contributed by atoms with E-state index in [4.69, 9.17) is 4.98 Å². The Kier molecular flexibility index (Phi) is 4.00. The van der Waals surface area contributed by atoms with Crippen molar-refractivity contribution in [3.05, 3.63) is 81.2 Å². The number of para-hydroxylation sites is 2. The number of nitro groups is 1. The first-order chi connectivity index (χ1) is 14.3. The van der Waals surface area contributed by atoms with E-state index in [1.807, 2.05) is 24.3 Å². The summed E-state index contributed by atoms with van der Waals surface area (Å²) in [7, 11) is 0. The topological polar surface area (TPSA) is 88.9 Å². The molecule has 2 aromatic carbocycles. The first-order valence-electron chi connectivity index (χ1n) is 10.0. The lowest BCUT2D eigenvalue weighted by atomic mass is 9.74. The number of Topliss-reactive ketones (excluding diaryl/α,β-unsaturated/α-hetero) is 1. The third kappa shape index (κ3) is 2.87. The Bertz CT molecular complexity index is 1350. The van der Waals surface area contributed by atoms with Crippen molar-refractivity contribution in [2.45, 2.75) is 33.1 Å². The average Bonchev–Trinajstić information content (AvgIpc) is 3.07. The van der Waals surface area contributed by atoms with Crippen LogP contribution in [0.2, 0.25) is 0 Å². The van der Waals surface area contributed by atoms with Crippen molar-refractivity contribution in [3.8, 4) is 0 Å². The molecule has 0 aliphatic heterocycles. The Hall–Kier alpha value is -3.54. The number of nitrogens with zero attached hydrogens (tertiary/aromatic N) is 2. The second kappa shape index (κ2) is 6.49. The molecule has 4 aromatic rings. The van der Waals surface area contributed by atoms with Gasteiger partial charge in [-0.15, -0.1) is 0 Å². The predicted octanol–water partition coefficient (Wildman–Crippen LogP) is 5.37. The Morgan fingerprint density at radius 2 is 1.83 bits per heavy atom. The van der Waals surface area contributed by atoms with Crippen LogP contribution in [0, 0.1) is 15.5 Å². The first kappa shape index (κ1) is 18.5. The smallest absolute Gasteiger partial charge is 0.272 e. The lowest BCUT2D eigenvalue weighted by Crippen LogP contribution is -2.28. The summed E-state index contributed by atoms with van der Waals surface area (Å²) in [6, 6.07) is 14.7. The van der Waals surface area contributed by atoms with Crippen LogP contribution in [0.1, 0.15) is 47.6 Å². The van der Waals surface area contributed by atoms with Crippen LogP contribution in [0.15, 0.2) is 48.5 Å². The molecule has 0 radical (unpaired) electrons. The van der Waals surface area contributed by atoms with Gasteiger partial charge in [-0.2, -0.15) is 0 Å². The highest BCUT2D eigenvalue weighted by molar-refractivity contribution is 6.19. The largest absolute Gasteiger partial charge is 0.353 e. The number of aromatic nitrogens is 2. The molecule has 0 fully saturated rings. The van der Waals surface area contributed by atoms with Crippen LogP contribution in [0.3, 0.4) is 0 Å². The fraction of sp³-hybridized carbons (Fsp3) is 0.250. The molecule has 0 spiro atoms. The number of carbonyl (C=O) groups is 1. The van der Waals surface area contributed by atoms with Gasteiger partial charge in [-0.3, -0.25) is 19.9 Å². The third-order valence-corrected chi connectivity index (χ3v) is 5.91. The van der Waals surface area contributed by atoms with Crippen LogP contribution >= 0.6 is 0 Å². The van der Waals surface area contributed by atoms with Gasteiger partial charge in [0.05, 0.1) is 21.8 Å². The lowest BCUT2D eigenvalue weighted by molar-refractivity contribution is -0.385. The van der Waals surface area contributed by atoms with Crippen molar-refractivity contribution in [2.24, 2.45) is 5.41 Å². The van der Waals surface area contributed by atoms with Crippen LogP contribution in [0.25, 0.3) is 21.8 Å². The van der Waals surface area contributed by atoms with Crippen LogP contribution in [0.4, 0.5) is 5.69 Å². The van der Waals surface area contributed by atoms with Gasteiger partial charge in [0.1, 0.15) is 0 Å². The molecule has 5 rings (SSSR count). The minimum atomic E-state index is -0.358. The molecule has 2 heterocycles. The third-order valence-electron chi connectivity index (χ3n) is 5.91. The van der Waals surface area contributed by atoms with Crippen molar-refractivity contribution >= 4 is 33.3 Å². The van der Waals surface area contributed by atoms with E-state index in [-0.39, 0.29) is 21.8 Å². The summed E-state index contributed by atoms with van der Waals surface area (Å²) in [4.78, 5) is 32.6. The number of H-pyrrole nitrogens is 1. The summed E-state index contributed by atoms with van der Waals surface area (Å²) in [5.41, 5.74) is 4.49. The summed E-state index contributed by atoms with van der Waals surface area (Å²) in [5, 5.41) is 13.4. The molecule has 0 amide bonds. The minimum absolute atomic E-state index is 0.0812. The molecule has 1 N–H and O–H groups in total. The minimum Gasteiger partial charge on any atom is -0.353 e. The van der Waals surface area contributed by atoms with Crippen LogP contribution < -0.4 is 0 Å². The number of nitro benzene ring substituents is 1. The molecule has 0 saturated carbocycles. The van der Waals surface area contributed by atoms with Gasteiger partial charge in [-0.1, -0.05) is 50.2 Å². The Morgan fingerprint density at radius 1 is 1.10 bits per heavy atom. The van der Waals surface area contributed by atoms with Crippen molar-refractivity contribution in [1.82, 2.24) is 9.97 Å². The zero-order valence-corrected chi connectivity index (χ0v) is 16.9. The van der Waals surface area contributed by atoms with E-state index < -0.39 is 0 Å². The second-order valence-corrected chi connectivity index (χ2v) is 8.80. The number of hydrogen-bond acceptors (Lipinski definition) is 4. The number of pyridine rings is 1. The molecular formula is C24H21N3O3. The maximum absolute atomic E-state index is 13.1. The average molecular weight is 399 g/mol. The summed E-state index contributed by atoms with van der Waals surface area (Å²) in [6.45, 7) is 4.16. The quantitative estimate of drug-likeness (QED) is 0.370. The van der Waals surface area contributed by atoms with Gasteiger partial charge in [0.25, 0.3) is 5.69 Å². The normalized spacial score (nSPS) is 15.5. The number of nitrogens with one attached hydrogen (secondary N) is 1. The SMILES string of the molecule is CC1(C)CC(=O)c2c(nc(Cc3ccccc3[N+](=O)[O-])c3[nH]c4ccccc4c23)C1. The number of hydrogen-bond donors (Lipinski definition) is 1. The first-order valence-corrected chi connectivity index (χ1v) is 10.0. The maximum atomic E-state index is 13.1. The van der Waals surface area contributed by atoms with Gasteiger partial charge in [0.15, 0.2) is 5.78 Å². The van der Waals surface area contributed by atoms with Crippen molar-refractivity contribution in [1.29, 1.82) is 0 Å². The molecule has 2 aromatic heterocycles. The van der Waals surface area contributed by atoms with Gasteiger partial charge in [-0.25, -0.2) is 0 Å². The Balaban J connectivity index is 1.81. The predicted molar refractivity (Wildman–Crippen MR) is 116 cm³/mol. The van der Waals surface area contributed by atoms with Crippen molar-refractivity contribution < 1.29 is 9.72 Å². The lowest BCUT2D eigenvalue weighted by Gasteiger charge is -2.30. The fourth-order valence-corrected chi connectivity index (χ4v) is 4.65. The molecule has 30 heavy (non-hydrogen) atoms. The van der Waals surface area contributed by atoms with Crippen LogP contribution in [0.5, 0.6) is 0 Å². The van der Waals surface area contributed by atoms with E-state index in [1.54, 1.807) is 18.2 Å². The zero-order valence-electron chi connectivity index (χ0n) is 16.9.